The zero-order chi connectivity index (χ0) is 18.7. The highest BCUT2D eigenvalue weighted by Gasteiger charge is 2.48. The van der Waals surface area contributed by atoms with Crippen LogP contribution in [0.4, 0.5) is 4.79 Å². The molecule has 0 aromatic heterocycles. The van der Waals surface area contributed by atoms with Gasteiger partial charge in [-0.1, -0.05) is 30.4 Å². The topological polar surface area (TPSA) is 53.1 Å². The Kier molecular flexibility index (Phi) is 6.33. The molecule has 146 valence electrons. The number of rotatable bonds is 3. The van der Waals surface area contributed by atoms with E-state index in [1.807, 2.05) is 28.8 Å². The zero-order valence-corrected chi connectivity index (χ0v) is 17.4. The molecule has 8 heteroatoms. The molecule has 3 rings (SSSR count). The zero-order valence-electron chi connectivity index (χ0n) is 15.7. The van der Waals surface area contributed by atoms with E-state index in [4.69, 9.17) is 17.0 Å². The van der Waals surface area contributed by atoms with Crippen molar-refractivity contribution in [1.29, 1.82) is 0 Å². The van der Waals surface area contributed by atoms with Crippen molar-refractivity contribution in [3.63, 3.8) is 0 Å². The van der Waals surface area contributed by atoms with E-state index in [2.05, 4.69) is 0 Å². The average Bonchev–Trinajstić information content (AvgIpc) is 2.95. The molecule has 0 N–H and O–H groups in total. The molecule has 2 saturated heterocycles. The molecule has 0 aromatic rings. The van der Waals surface area contributed by atoms with E-state index in [1.165, 1.54) is 18.2 Å². The molecule has 0 aromatic carbocycles. The van der Waals surface area contributed by atoms with E-state index in [9.17, 15) is 9.59 Å². The molecule has 0 unspecified atom stereocenters. The first-order valence-corrected chi connectivity index (χ1v) is 10.9. The van der Waals surface area contributed by atoms with Crippen LogP contribution < -0.4 is 0 Å². The first-order chi connectivity index (χ1) is 12.4. The van der Waals surface area contributed by atoms with Crippen molar-refractivity contribution in [1.82, 2.24) is 14.7 Å². The molecule has 3 fully saturated rings. The Morgan fingerprint density at radius 3 is 2.54 bits per heavy atom. The van der Waals surface area contributed by atoms with Gasteiger partial charge in [-0.3, -0.25) is 4.79 Å². The summed E-state index contributed by atoms with van der Waals surface area (Å²) in [6, 6.07) is 0.198. The maximum atomic E-state index is 12.4. The summed E-state index contributed by atoms with van der Waals surface area (Å²) in [6.45, 7) is 2.14. The maximum Gasteiger partial charge on any atom is 0.410 e. The normalized spacial score (nSPS) is 23.2. The van der Waals surface area contributed by atoms with Crippen molar-refractivity contribution < 1.29 is 14.3 Å². The summed E-state index contributed by atoms with van der Waals surface area (Å²) in [4.78, 5) is 30.5. The molecule has 2 heterocycles. The minimum Gasteiger partial charge on any atom is -0.441 e. The molecule has 0 atom stereocenters. The summed E-state index contributed by atoms with van der Waals surface area (Å²) >= 11 is 6.63. The summed E-state index contributed by atoms with van der Waals surface area (Å²) in [5.74, 6) is 0.515. The van der Waals surface area contributed by atoms with Gasteiger partial charge < -0.3 is 19.4 Å². The van der Waals surface area contributed by atoms with Crippen molar-refractivity contribution in [3.8, 4) is 0 Å². The largest absolute Gasteiger partial charge is 0.441 e. The van der Waals surface area contributed by atoms with Crippen molar-refractivity contribution in [2.75, 3.05) is 39.5 Å². The van der Waals surface area contributed by atoms with E-state index in [1.54, 1.807) is 0 Å². The van der Waals surface area contributed by atoms with Crippen LogP contribution in [0.2, 0.25) is 0 Å². The van der Waals surface area contributed by atoms with Gasteiger partial charge in [0.2, 0.25) is 5.91 Å². The van der Waals surface area contributed by atoms with Crippen molar-refractivity contribution in [2.45, 2.75) is 56.6 Å². The lowest BCUT2D eigenvalue weighted by Crippen LogP contribution is -2.48. The SMILES string of the molecule is CN(C)C(=S)SCC(=O)N1CCC(N2CC3(CCCCC3)OC2=O)CC1. The Morgan fingerprint density at radius 1 is 1.27 bits per heavy atom. The minimum absolute atomic E-state index is 0.130. The smallest absolute Gasteiger partial charge is 0.410 e. The van der Waals surface area contributed by atoms with Crippen LogP contribution >= 0.6 is 24.0 Å². The van der Waals surface area contributed by atoms with E-state index < -0.39 is 0 Å². The number of thiocarbonyl (C=S) groups is 1. The third-order valence-corrected chi connectivity index (χ3v) is 7.43. The van der Waals surface area contributed by atoms with Gasteiger partial charge in [0.1, 0.15) is 9.92 Å². The van der Waals surface area contributed by atoms with E-state index >= 15 is 0 Å². The molecule has 26 heavy (non-hydrogen) atoms. The lowest BCUT2D eigenvalue weighted by Gasteiger charge is -2.36. The molecular formula is C18H29N3O3S2. The van der Waals surface area contributed by atoms with Crippen LogP contribution in [0.25, 0.3) is 0 Å². The average molecular weight is 400 g/mol. The van der Waals surface area contributed by atoms with Gasteiger partial charge in [-0.15, -0.1) is 0 Å². The van der Waals surface area contributed by atoms with Crippen LogP contribution in [0.3, 0.4) is 0 Å². The van der Waals surface area contributed by atoms with Crippen LogP contribution in [0, 0.1) is 0 Å². The van der Waals surface area contributed by atoms with Gasteiger partial charge in [-0.25, -0.2) is 4.79 Å². The monoisotopic (exact) mass is 399 g/mol. The second-order valence-corrected chi connectivity index (χ2v) is 9.41. The molecule has 1 spiro atoms. The molecule has 0 bridgehead atoms. The summed E-state index contributed by atoms with van der Waals surface area (Å²) in [7, 11) is 3.78. The first kappa shape index (κ1) is 19.7. The van der Waals surface area contributed by atoms with Crippen LogP contribution in [-0.2, 0) is 9.53 Å². The van der Waals surface area contributed by atoms with Gasteiger partial charge in [-0.2, -0.15) is 0 Å². The third-order valence-electron chi connectivity index (χ3n) is 5.70. The molecule has 3 aliphatic rings. The van der Waals surface area contributed by atoms with Gasteiger partial charge in [0.25, 0.3) is 0 Å². The third kappa shape index (κ3) is 4.44. The number of amides is 2. The molecular weight excluding hydrogens is 370 g/mol. The Morgan fingerprint density at radius 2 is 1.92 bits per heavy atom. The lowest BCUT2D eigenvalue weighted by molar-refractivity contribution is -0.129. The van der Waals surface area contributed by atoms with E-state index in [-0.39, 0.29) is 23.6 Å². The number of carbonyl (C=O) groups excluding carboxylic acids is 2. The van der Waals surface area contributed by atoms with Crippen LogP contribution in [0.5, 0.6) is 0 Å². The van der Waals surface area contributed by atoms with Crippen molar-refractivity contribution >= 4 is 40.3 Å². The Balaban J connectivity index is 1.47. The molecule has 1 saturated carbocycles. The highest BCUT2D eigenvalue weighted by molar-refractivity contribution is 8.23. The summed E-state index contributed by atoms with van der Waals surface area (Å²) in [6.07, 6.45) is 7.06. The quantitative estimate of drug-likeness (QED) is 0.680. The number of nitrogens with zero attached hydrogens (tertiary/aromatic N) is 3. The molecule has 1 aliphatic carbocycles. The Bertz CT molecular complexity index is 556. The van der Waals surface area contributed by atoms with Gasteiger partial charge >= 0.3 is 6.09 Å². The van der Waals surface area contributed by atoms with Gasteiger partial charge in [0.15, 0.2) is 0 Å². The number of ether oxygens (including phenoxy) is 1. The van der Waals surface area contributed by atoms with Crippen LogP contribution in [0.1, 0.15) is 44.9 Å². The maximum absolute atomic E-state index is 12.4. The number of carbonyl (C=O) groups is 2. The number of hydrogen-bond acceptors (Lipinski definition) is 5. The Hall–Kier alpha value is -1.02. The van der Waals surface area contributed by atoms with Gasteiger partial charge in [0, 0.05) is 33.2 Å². The standard InChI is InChI=1S/C18H29N3O3S2/c1-19(2)17(25)26-12-15(22)20-10-6-14(7-11-20)21-13-18(24-16(21)23)8-4-3-5-9-18/h14H,3-13H2,1-2H3. The van der Waals surface area contributed by atoms with Crippen LogP contribution in [0.15, 0.2) is 0 Å². The molecule has 0 radical (unpaired) electrons. The number of hydrogen-bond donors (Lipinski definition) is 0. The fourth-order valence-electron chi connectivity index (χ4n) is 4.16. The fourth-order valence-corrected chi connectivity index (χ4v) is 5.02. The highest BCUT2D eigenvalue weighted by atomic mass is 32.2. The number of likely N-dealkylation sites (tertiary alicyclic amines) is 1. The summed E-state index contributed by atoms with van der Waals surface area (Å²) < 4.78 is 6.53. The Labute approximate surface area is 165 Å². The van der Waals surface area contributed by atoms with Crippen molar-refractivity contribution in [3.05, 3.63) is 0 Å². The van der Waals surface area contributed by atoms with E-state index in [0.29, 0.717) is 18.8 Å². The predicted octanol–water partition coefficient (Wildman–Crippen LogP) is 2.71. The van der Waals surface area contributed by atoms with Crippen molar-refractivity contribution in [2.24, 2.45) is 0 Å². The number of thioether (sulfide) groups is 1. The summed E-state index contributed by atoms with van der Waals surface area (Å²) in [5.41, 5.74) is -0.235. The first-order valence-electron chi connectivity index (χ1n) is 9.52. The molecule has 2 aliphatic heterocycles. The molecule has 6 nitrogen and oxygen atoms in total. The van der Waals surface area contributed by atoms with Gasteiger partial charge in [0.05, 0.1) is 12.3 Å². The second kappa shape index (κ2) is 8.33. The van der Waals surface area contributed by atoms with Gasteiger partial charge in [-0.05, 0) is 38.5 Å². The molecule has 2 amide bonds. The lowest BCUT2D eigenvalue weighted by atomic mass is 9.84. The van der Waals surface area contributed by atoms with E-state index in [0.717, 1.165) is 49.4 Å². The summed E-state index contributed by atoms with van der Waals surface area (Å²) in [5, 5.41) is 0. The van der Waals surface area contributed by atoms with Crippen LogP contribution in [-0.4, -0.2) is 82.1 Å². The minimum atomic E-state index is -0.235. The fraction of sp³-hybridized carbons (Fsp3) is 0.833. The number of piperidine rings is 1. The predicted molar refractivity (Wildman–Crippen MR) is 107 cm³/mol. The second-order valence-electron chi connectivity index (χ2n) is 7.80. The highest BCUT2D eigenvalue weighted by Crippen LogP contribution is 2.38.